The van der Waals surface area contributed by atoms with E-state index >= 15 is 0 Å². The number of ether oxygens (including phenoxy) is 1. The Morgan fingerprint density at radius 3 is 2.65 bits per heavy atom. The van der Waals surface area contributed by atoms with Crippen LogP contribution in [-0.2, 0) is 14.3 Å². The van der Waals surface area contributed by atoms with E-state index in [0.29, 0.717) is 6.54 Å². The number of hydrogen-bond donors (Lipinski definition) is 2. The molecule has 1 unspecified atom stereocenters. The van der Waals surface area contributed by atoms with Crippen LogP contribution in [0.15, 0.2) is 0 Å². The minimum Gasteiger partial charge on any atom is -0.467 e. The van der Waals surface area contributed by atoms with Crippen molar-refractivity contribution in [3.8, 4) is 12.3 Å². The van der Waals surface area contributed by atoms with Gasteiger partial charge in [0.25, 0.3) is 0 Å². The minimum atomic E-state index is -0.634. The maximum absolute atomic E-state index is 11.3. The summed E-state index contributed by atoms with van der Waals surface area (Å²) >= 11 is 0. The lowest BCUT2D eigenvalue weighted by molar-refractivity contribution is -0.144. The molecule has 0 rings (SSSR count). The van der Waals surface area contributed by atoms with E-state index in [1.807, 2.05) is 0 Å². The van der Waals surface area contributed by atoms with Crippen LogP contribution in [0.4, 0.5) is 0 Å². The molecule has 0 spiro atoms. The quantitative estimate of drug-likeness (QED) is 0.357. The van der Waals surface area contributed by atoms with Crippen LogP contribution in [0.1, 0.15) is 26.2 Å². The molecule has 0 aromatic heterocycles. The minimum absolute atomic E-state index is 0.255. The predicted octanol–water partition coefficient (Wildman–Crippen LogP) is 0.0572. The number of esters is 1. The van der Waals surface area contributed by atoms with Crippen molar-refractivity contribution in [1.29, 1.82) is 0 Å². The van der Waals surface area contributed by atoms with Gasteiger partial charge in [-0.25, -0.2) is 4.79 Å². The first-order valence-corrected chi connectivity index (χ1v) is 5.61. The van der Waals surface area contributed by atoms with Gasteiger partial charge in [0.2, 0.25) is 5.91 Å². The lowest BCUT2D eigenvalue weighted by Crippen LogP contribution is -2.47. The lowest BCUT2D eigenvalue weighted by Gasteiger charge is -2.15. The van der Waals surface area contributed by atoms with Crippen molar-refractivity contribution in [2.45, 2.75) is 32.2 Å². The number of carbonyl (C=O) groups excluding carboxylic acids is 2. The zero-order chi connectivity index (χ0) is 13.1. The first-order valence-electron chi connectivity index (χ1n) is 5.61. The fourth-order valence-electron chi connectivity index (χ4n) is 1.30. The second kappa shape index (κ2) is 9.67. The zero-order valence-corrected chi connectivity index (χ0v) is 10.4. The first kappa shape index (κ1) is 15.5. The molecule has 0 aliphatic carbocycles. The molecule has 0 aromatic rings. The molecule has 17 heavy (non-hydrogen) atoms. The van der Waals surface area contributed by atoms with Gasteiger partial charge in [0.1, 0.15) is 6.04 Å². The Morgan fingerprint density at radius 2 is 2.12 bits per heavy atom. The molecule has 1 atom stereocenters. The maximum atomic E-state index is 11.3. The number of nitrogens with one attached hydrogen (secondary N) is 2. The molecule has 0 aromatic carbocycles. The van der Waals surface area contributed by atoms with Crippen LogP contribution in [0.5, 0.6) is 0 Å². The molecule has 0 saturated carbocycles. The summed E-state index contributed by atoms with van der Waals surface area (Å²) in [4.78, 5) is 22.2. The Balaban J connectivity index is 3.81. The average Bonchev–Trinajstić information content (AvgIpc) is 2.30. The molecule has 0 bridgehead atoms. The fourth-order valence-corrected chi connectivity index (χ4v) is 1.30. The molecule has 0 saturated heterocycles. The number of unbranched alkanes of at least 4 members (excludes halogenated alkanes) is 2. The molecule has 96 valence electrons. The van der Waals surface area contributed by atoms with Crippen LogP contribution in [0.25, 0.3) is 0 Å². The Kier molecular flexibility index (Phi) is 8.79. The van der Waals surface area contributed by atoms with E-state index in [-0.39, 0.29) is 5.91 Å². The van der Waals surface area contributed by atoms with Crippen LogP contribution in [0.3, 0.4) is 0 Å². The van der Waals surface area contributed by atoms with Crippen LogP contribution < -0.4 is 10.6 Å². The third-order valence-corrected chi connectivity index (χ3v) is 2.14. The Hall–Kier alpha value is -1.54. The lowest BCUT2D eigenvalue weighted by atomic mass is 10.2. The van der Waals surface area contributed by atoms with E-state index in [0.717, 1.165) is 25.8 Å². The van der Waals surface area contributed by atoms with E-state index in [9.17, 15) is 9.59 Å². The van der Waals surface area contributed by atoms with E-state index < -0.39 is 12.0 Å². The smallest absolute Gasteiger partial charge is 0.329 e. The number of hydrogen-bond acceptors (Lipinski definition) is 4. The van der Waals surface area contributed by atoms with Crippen molar-refractivity contribution in [1.82, 2.24) is 10.6 Å². The van der Waals surface area contributed by atoms with Gasteiger partial charge < -0.3 is 15.4 Å². The number of carbonyl (C=O) groups is 2. The van der Waals surface area contributed by atoms with Crippen molar-refractivity contribution in [3.63, 3.8) is 0 Å². The summed E-state index contributed by atoms with van der Waals surface area (Å²) in [6.45, 7) is 2.49. The van der Waals surface area contributed by atoms with Gasteiger partial charge >= 0.3 is 5.97 Å². The van der Waals surface area contributed by atoms with Crippen LogP contribution in [0, 0.1) is 12.3 Å². The van der Waals surface area contributed by atoms with Gasteiger partial charge in [-0.05, 0) is 19.4 Å². The molecule has 0 aliphatic heterocycles. The summed E-state index contributed by atoms with van der Waals surface area (Å²) in [5.74, 6) is 1.86. The van der Waals surface area contributed by atoms with E-state index in [1.54, 1.807) is 0 Å². The van der Waals surface area contributed by atoms with Crippen molar-refractivity contribution in [2.75, 3.05) is 20.2 Å². The summed E-state index contributed by atoms with van der Waals surface area (Å²) in [6.07, 6.45) is 7.78. The fraction of sp³-hybridized carbons (Fsp3) is 0.667. The second-order valence-corrected chi connectivity index (χ2v) is 3.64. The Labute approximate surface area is 102 Å². The van der Waals surface area contributed by atoms with Crippen molar-refractivity contribution in [3.05, 3.63) is 0 Å². The van der Waals surface area contributed by atoms with E-state index in [1.165, 1.54) is 14.0 Å². The van der Waals surface area contributed by atoms with Gasteiger partial charge in [0, 0.05) is 19.9 Å². The number of rotatable bonds is 8. The third-order valence-electron chi connectivity index (χ3n) is 2.14. The molecular weight excluding hydrogens is 220 g/mol. The normalized spacial score (nSPS) is 11.4. The molecule has 2 N–H and O–H groups in total. The standard InChI is InChI=1S/C12H20N2O3/c1-4-5-6-7-8-13-9-11(12(16)17-3)14-10(2)15/h1,11,13H,5-9H2,2-3H3,(H,14,15). The highest BCUT2D eigenvalue weighted by Crippen LogP contribution is 1.92. The molecule has 5 nitrogen and oxygen atoms in total. The Bertz CT molecular complexity index is 284. The van der Waals surface area contributed by atoms with Gasteiger partial charge in [-0.1, -0.05) is 0 Å². The molecular formula is C12H20N2O3. The predicted molar refractivity (Wildman–Crippen MR) is 65.2 cm³/mol. The highest BCUT2D eigenvalue weighted by molar-refractivity contribution is 5.83. The molecule has 0 aliphatic rings. The second-order valence-electron chi connectivity index (χ2n) is 3.64. The highest BCUT2D eigenvalue weighted by atomic mass is 16.5. The number of methoxy groups -OCH3 is 1. The molecule has 0 fully saturated rings. The Morgan fingerprint density at radius 1 is 1.41 bits per heavy atom. The monoisotopic (exact) mass is 240 g/mol. The molecule has 0 heterocycles. The summed E-state index contributed by atoms with van der Waals surface area (Å²) in [5.41, 5.74) is 0. The number of amides is 1. The van der Waals surface area contributed by atoms with Gasteiger partial charge in [-0.3, -0.25) is 4.79 Å². The van der Waals surface area contributed by atoms with Crippen LogP contribution in [0.2, 0.25) is 0 Å². The third kappa shape index (κ3) is 8.29. The molecule has 5 heteroatoms. The number of terminal acetylenes is 1. The van der Waals surface area contributed by atoms with Crippen LogP contribution in [-0.4, -0.2) is 38.1 Å². The molecule has 1 amide bonds. The van der Waals surface area contributed by atoms with E-state index in [4.69, 9.17) is 6.42 Å². The van der Waals surface area contributed by atoms with Gasteiger partial charge in [0.05, 0.1) is 7.11 Å². The largest absolute Gasteiger partial charge is 0.467 e. The summed E-state index contributed by atoms with van der Waals surface area (Å²) in [7, 11) is 1.30. The van der Waals surface area contributed by atoms with Gasteiger partial charge in [-0.15, -0.1) is 12.3 Å². The summed E-state index contributed by atoms with van der Waals surface area (Å²) in [6, 6.07) is -0.634. The SMILES string of the molecule is C#CCCCCNCC(NC(C)=O)C(=O)OC. The van der Waals surface area contributed by atoms with Crippen molar-refractivity contribution in [2.24, 2.45) is 0 Å². The van der Waals surface area contributed by atoms with E-state index in [2.05, 4.69) is 21.3 Å². The summed E-state index contributed by atoms with van der Waals surface area (Å²) < 4.78 is 4.59. The molecule has 0 radical (unpaired) electrons. The van der Waals surface area contributed by atoms with Gasteiger partial charge in [0.15, 0.2) is 0 Å². The average molecular weight is 240 g/mol. The topological polar surface area (TPSA) is 67.4 Å². The van der Waals surface area contributed by atoms with Crippen molar-refractivity contribution >= 4 is 11.9 Å². The summed E-state index contributed by atoms with van der Waals surface area (Å²) in [5, 5.41) is 5.61. The zero-order valence-electron chi connectivity index (χ0n) is 10.4. The van der Waals surface area contributed by atoms with Gasteiger partial charge in [-0.2, -0.15) is 0 Å². The highest BCUT2D eigenvalue weighted by Gasteiger charge is 2.18. The maximum Gasteiger partial charge on any atom is 0.329 e. The van der Waals surface area contributed by atoms with Crippen LogP contribution >= 0.6 is 0 Å². The van der Waals surface area contributed by atoms with Crippen molar-refractivity contribution < 1.29 is 14.3 Å². The first-order chi connectivity index (χ1) is 8.11.